The molecular weight excluding hydrogens is 166 g/mol. The number of allylic oxidation sites excluding steroid dienone is 1. The Bertz CT molecular complexity index is 354. The van der Waals surface area contributed by atoms with Gasteiger partial charge in [0.25, 0.3) is 5.56 Å². The van der Waals surface area contributed by atoms with Crippen molar-refractivity contribution < 1.29 is 0 Å². The van der Waals surface area contributed by atoms with Crippen LogP contribution in [0.25, 0.3) is 6.08 Å². The molecule has 4 heteroatoms. The van der Waals surface area contributed by atoms with E-state index in [-0.39, 0.29) is 5.56 Å². The monoisotopic (exact) mass is 179 g/mol. The van der Waals surface area contributed by atoms with Gasteiger partial charge in [-0.25, -0.2) is 4.98 Å². The number of hydrogen-bond donors (Lipinski definition) is 2. The molecule has 4 nitrogen and oxygen atoms in total. The first-order valence-corrected chi connectivity index (χ1v) is 4.21. The van der Waals surface area contributed by atoms with Crippen LogP contribution in [0, 0.1) is 0 Å². The molecule has 2 N–H and O–H groups in total. The Balaban J connectivity index is 3.15. The van der Waals surface area contributed by atoms with Gasteiger partial charge >= 0.3 is 0 Å². The van der Waals surface area contributed by atoms with Crippen LogP contribution in [0.15, 0.2) is 17.2 Å². The highest BCUT2D eigenvalue weighted by molar-refractivity contribution is 5.61. The second-order valence-electron chi connectivity index (χ2n) is 2.55. The standard InChI is InChI=1S/C9H13N3O/c1-3-4-5-7-8(10-2)11-6-12-9(7)13/h4-6H,3H2,1-2H3,(H2,10,11,12,13)/b5-4-. The van der Waals surface area contributed by atoms with Gasteiger partial charge in [-0.1, -0.05) is 13.0 Å². The summed E-state index contributed by atoms with van der Waals surface area (Å²) in [6.07, 6.45) is 5.99. The summed E-state index contributed by atoms with van der Waals surface area (Å²) < 4.78 is 0. The van der Waals surface area contributed by atoms with Gasteiger partial charge in [0.15, 0.2) is 0 Å². The number of anilines is 1. The zero-order valence-corrected chi connectivity index (χ0v) is 7.79. The van der Waals surface area contributed by atoms with Crippen molar-refractivity contribution in [1.82, 2.24) is 9.97 Å². The quantitative estimate of drug-likeness (QED) is 0.733. The highest BCUT2D eigenvalue weighted by atomic mass is 16.1. The molecule has 0 unspecified atom stereocenters. The summed E-state index contributed by atoms with van der Waals surface area (Å²) in [5.41, 5.74) is 0.455. The van der Waals surface area contributed by atoms with Crippen LogP contribution >= 0.6 is 0 Å². The fourth-order valence-electron chi connectivity index (χ4n) is 1.000. The fraction of sp³-hybridized carbons (Fsp3) is 0.333. The van der Waals surface area contributed by atoms with E-state index >= 15 is 0 Å². The third kappa shape index (κ3) is 2.18. The Hall–Kier alpha value is -1.58. The lowest BCUT2D eigenvalue weighted by Crippen LogP contribution is -2.12. The van der Waals surface area contributed by atoms with E-state index in [0.29, 0.717) is 11.4 Å². The molecule has 13 heavy (non-hydrogen) atoms. The van der Waals surface area contributed by atoms with Crippen LogP contribution in [-0.4, -0.2) is 17.0 Å². The van der Waals surface area contributed by atoms with E-state index in [1.54, 1.807) is 13.1 Å². The number of nitrogens with zero attached hydrogens (tertiary/aromatic N) is 1. The summed E-state index contributed by atoms with van der Waals surface area (Å²) >= 11 is 0. The molecular formula is C9H13N3O. The van der Waals surface area contributed by atoms with E-state index in [1.165, 1.54) is 6.33 Å². The summed E-state index contributed by atoms with van der Waals surface area (Å²) in [4.78, 5) is 17.8. The first-order valence-electron chi connectivity index (χ1n) is 4.21. The zero-order valence-electron chi connectivity index (χ0n) is 7.79. The van der Waals surface area contributed by atoms with Gasteiger partial charge in [-0.05, 0) is 12.5 Å². The maximum absolute atomic E-state index is 11.3. The summed E-state index contributed by atoms with van der Waals surface area (Å²) in [6, 6.07) is 0. The smallest absolute Gasteiger partial charge is 0.260 e. The van der Waals surface area contributed by atoms with Crippen molar-refractivity contribution in [1.29, 1.82) is 0 Å². The van der Waals surface area contributed by atoms with Crippen LogP contribution in [0.3, 0.4) is 0 Å². The number of hydrogen-bond acceptors (Lipinski definition) is 3. The van der Waals surface area contributed by atoms with E-state index in [1.807, 2.05) is 13.0 Å². The lowest BCUT2D eigenvalue weighted by Gasteiger charge is -2.00. The van der Waals surface area contributed by atoms with E-state index < -0.39 is 0 Å². The number of H-pyrrole nitrogens is 1. The SMILES string of the molecule is CC/C=C\c1c(NC)nc[nH]c1=O. The van der Waals surface area contributed by atoms with Crippen LogP contribution in [0.1, 0.15) is 18.9 Å². The minimum absolute atomic E-state index is 0.121. The molecule has 0 fully saturated rings. The number of aromatic amines is 1. The first kappa shape index (κ1) is 9.51. The summed E-state index contributed by atoms with van der Waals surface area (Å²) in [5, 5.41) is 2.86. The number of aromatic nitrogens is 2. The van der Waals surface area contributed by atoms with Gasteiger partial charge in [0.2, 0.25) is 0 Å². The minimum Gasteiger partial charge on any atom is -0.372 e. The predicted octanol–water partition coefficient (Wildman–Crippen LogP) is 1.23. The largest absolute Gasteiger partial charge is 0.372 e. The van der Waals surface area contributed by atoms with Gasteiger partial charge in [-0.15, -0.1) is 0 Å². The number of rotatable bonds is 3. The summed E-state index contributed by atoms with van der Waals surface area (Å²) in [5.74, 6) is 0.605. The number of nitrogens with one attached hydrogen (secondary N) is 2. The Morgan fingerprint density at radius 3 is 3.08 bits per heavy atom. The minimum atomic E-state index is -0.121. The first-order chi connectivity index (χ1) is 6.29. The summed E-state index contributed by atoms with van der Waals surface area (Å²) in [7, 11) is 1.74. The predicted molar refractivity (Wildman–Crippen MR) is 53.7 cm³/mol. The Morgan fingerprint density at radius 2 is 2.46 bits per heavy atom. The molecule has 0 radical (unpaired) electrons. The summed E-state index contributed by atoms with van der Waals surface area (Å²) in [6.45, 7) is 2.01. The Morgan fingerprint density at radius 1 is 1.69 bits per heavy atom. The molecule has 0 aliphatic carbocycles. The molecule has 1 aromatic heterocycles. The van der Waals surface area contributed by atoms with Crippen LogP contribution < -0.4 is 10.9 Å². The van der Waals surface area contributed by atoms with Crippen molar-refractivity contribution in [2.24, 2.45) is 0 Å². The molecule has 0 aliphatic rings. The van der Waals surface area contributed by atoms with E-state index in [0.717, 1.165) is 6.42 Å². The van der Waals surface area contributed by atoms with Crippen molar-refractivity contribution in [3.05, 3.63) is 28.3 Å². The second kappa shape index (κ2) is 4.45. The molecule has 1 heterocycles. The van der Waals surface area contributed by atoms with Crippen molar-refractivity contribution in [2.45, 2.75) is 13.3 Å². The molecule has 0 amide bonds. The maximum Gasteiger partial charge on any atom is 0.260 e. The highest BCUT2D eigenvalue weighted by Crippen LogP contribution is 2.06. The van der Waals surface area contributed by atoms with Gasteiger partial charge in [0.05, 0.1) is 11.9 Å². The van der Waals surface area contributed by atoms with Crippen molar-refractivity contribution in [2.75, 3.05) is 12.4 Å². The highest BCUT2D eigenvalue weighted by Gasteiger charge is 2.01. The molecule has 0 bridgehead atoms. The van der Waals surface area contributed by atoms with Crippen LogP contribution in [0.2, 0.25) is 0 Å². The molecule has 0 aliphatic heterocycles. The molecule has 0 saturated heterocycles. The second-order valence-corrected chi connectivity index (χ2v) is 2.55. The Kier molecular flexibility index (Phi) is 3.25. The topological polar surface area (TPSA) is 57.8 Å². The third-order valence-electron chi connectivity index (χ3n) is 1.65. The molecule has 0 aromatic carbocycles. The van der Waals surface area contributed by atoms with E-state index in [4.69, 9.17) is 0 Å². The normalized spacial score (nSPS) is 10.6. The van der Waals surface area contributed by atoms with Crippen molar-refractivity contribution >= 4 is 11.9 Å². The van der Waals surface area contributed by atoms with Gasteiger partial charge in [-0.3, -0.25) is 4.79 Å². The van der Waals surface area contributed by atoms with Gasteiger partial charge < -0.3 is 10.3 Å². The van der Waals surface area contributed by atoms with E-state index in [9.17, 15) is 4.79 Å². The average Bonchev–Trinajstić information content (AvgIpc) is 2.15. The van der Waals surface area contributed by atoms with Crippen LogP contribution in [0.5, 0.6) is 0 Å². The van der Waals surface area contributed by atoms with Crippen LogP contribution in [0.4, 0.5) is 5.82 Å². The molecule has 1 aromatic rings. The lowest BCUT2D eigenvalue weighted by atomic mass is 10.2. The van der Waals surface area contributed by atoms with Crippen LogP contribution in [-0.2, 0) is 0 Å². The van der Waals surface area contributed by atoms with E-state index in [2.05, 4.69) is 15.3 Å². The van der Waals surface area contributed by atoms with Crippen molar-refractivity contribution in [3.63, 3.8) is 0 Å². The average molecular weight is 179 g/mol. The molecule has 0 spiro atoms. The van der Waals surface area contributed by atoms with Gasteiger partial charge in [0, 0.05) is 7.05 Å². The molecule has 0 saturated carbocycles. The fourth-order valence-corrected chi connectivity index (χ4v) is 1.000. The van der Waals surface area contributed by atoms with Crippen molar-refractivity contribution in [3.8, 4) is 0 Å². The maximum atomic E-state index is 11.3. The van der Waals surface area contributed by atoms with Gasteiger partial charge in [0.1, 0.15) is 5.82 Å². The van der Waals surface area contributed by atoms with Gasteiger partial charge in [-0.2, -0.15) is 0 Å². The Labute approximate surface area is 76.7 Å². The molecule has 70 valence electrons. The molecule has 1 rings (SSSR count). The third-order valence-corrected chi connectivity index (χ3v) is 1.65. The molecule has 0 atom stereocenters. The lowest BCUT2D eigenvalue weighted by molar-refractivity contribution is 1.10. The zero-order chi connectivity index (χ0) is 9.68.